The molecule has 0 aromatic carbocycles. The highest BCUT2D eigenvalue weighted by atomic mass is 16.4. The number of aliphatic hydroxyl groups is 2. The lowest BCUT2D eigenvalue weighted by atomic mass is 10.4. The number of rotatable bonds is 0. The first-order chi connectivity index (χ1) is 5.95. The van der Waals surface area contributed by atoms with Gasteiger partial charge >= 0.3 is 0 Å². The van der Waals surface area contributed by atoms with E-state index in [0.29, 0.717) is 0 Å². The van der Waals surface area contributed by atoms with Crippen molar-refractivity contribution in [2.45, 2.75) is 26.3 Å². The lowest BCUT2D eigenvalue weighted by molar-refractivity contribution is -0.143. The Morgan fingerprint density at radius 3 is 1.54 bits per heavy atom. The molecular weight excluding hydrogens is 176 g/mol. The van der Waals surface area contributed by atoms with Crippen molar-refractivity contribution in [3.8, 4) is 0 Å². The van der Waals surface area contributed by atoms with E-state index in [9.17, 15) is 19.8 Å². The van der Waals surface area contributed by atoms with Crippen molar-refractivity contribution in [2.75, 3.05) is 6.67 Å². The molecule has 0 aromatic rings. The molecule has 0 unspecified atom stereocenters. The molecule has 6 nitrogen and oxygen atoms in total. The van der Waals surface area contributed by atoms with Gasteiger partial charge in [-0.15, -0.1) is 0 Å². The van der Waals surface area contributed by atoms with Crippen molar-refractivity contribution >= 4 is 11.8 Å². The summed E-state index contributed by atoms with van der Waals surface area (Å²) < 4.78 is 0. The molecular formula is C7H12N2O4. The standard InChI is InChI=1S/C7H12N2O4/c1-4(10)8-3-9(5(2)11)7(13)6(8)12/h6-7,12-13H,3H2,1-2H3/t6-,7-/m1/s1. The summed E-state index contributed by atoms with van der Waals surface area (Å²) in [5.41, 5.74) is 0. The van der Waals surface area contributed by atoms with Gasteiger partial charge in [0.2, 0.25) is 11.8 Å². The zero-order valence-corrected chi connectivity index (χ0v) is 7.47. The van der Waals surface area contributed by atoms with Gasteiger partial charge in [0.05, 0.1) is 0 Å². The average molecular weight is 188 g/mol. The van der Waals surface area contributed by atoms with Crippen LogP contribution in [0, 0.1) is 0 Å². The number of hydrogen-bond donors (Lipinski definition) is 2. The molecule has 74 valence electrons. The van der Waals surface area contributed by atoms with Crippen molar-refractivity contribution in [3.63, 3.8) is 0 Å². The topological polar surface area (TPSA) is 81.1 Å². The molecule has 1 rings (SSSR count). The SMILES string of the molecule is CC(=O)N1CN(C(C)=O)[C@H](O)[C@H]1O. The summed E-state index contributed by atoms with van der Waals surface area (Å²) >= 11 is 0. The second kappa shape index (κ2) is 3.31. The molecule has 0 saturated carbocycles. The molecule has 2 atom stereocenters. The van der Waals surface area contributed by atoms with E-state index >= 15 is 0 Å². The fraction of sp³-hybridized carbons (Fsp3) is 0.714. The number of amides is 2. The van der Waals surface area contributed by atoms with Crippen LogP contribution in [0.2, 0.25) is 0 Å². The first-order valence-electron chi connectivity index (χ1n) is 3.85. The van der Waals surface area contributed by atoms with Gasteiger partial charge in [-0.1, -0.05) is 0 Å². The Hall–Kier alpha value is -1.14. The van der Waals surface area contributed by atoms with Crippen LogP contribution in [0.1, 0.15) is 13.8 Å². The summed E-state index contributed by atoms with van der Waals surface area (Å²) in [6.45, 7) is 2.46. The molecule has 0 bridgehead atoms. The molecule has 13 heavy (non-hydrogen) atoms. The summed E-state index contributed by atoms with van der Waals surface area (Å²) in [4.78, 5) is 23.8. The molecule has 1 saturated heterocycles. The molecule has 0 aromatic heterocycles. The first kappa shape index (κ1) is 9.94. The number of carbonyl (C=O) groups is 2. The van der Waals surface area contributed by atoms with E-state index in [1.807, 2.05) is 0 Å². The summed E-state index contributed by atoms with van der Waals surface area (Å²) in [5.74, 6) is -0.759. The van der Waals surface area contributed by atoms with Gasteiger partial charge in [-0.3, -0.25) is 19.4 Å². The normalized spacial score (nSPS) is 28.0. The molecule has 2 N–H and O–H groups in total. The Morgan fingerprint density at radius 1 is 1.08 bits per heavy atom. The highest BCUT2D eigenvalue weighted by molar-refractivity contribution is 5.77. The van der Waals surface area contributed by atoms with Crippen LogP contribution in [-0.4, -0.2) is 51.0 Å². The van der Waals surface area contributed by atoms with Crippen molar-refractivity contribution in [1.82, 2.24) is 9.80 Å². The molecule has 0 radical (unpaired) electrons. The van der Waals surface area contributed by atoms with Crippen LogP contribution in [0.5, 0.6) is 0 Å². The van der Waals surface area contributed by atoms with Crippen molar-refractivity contribution in [3.05, 3.63) is 0 Å². The van der Waals surface area contributed by atoms with Crippen LogP contribution in [0.3, 0.4) is 0 Å². The van der Waals surface area contributed by atoms with E-state index in [1.54, 1.807) is 0 Å². The van der Waals surface area contributed by atoms with Gasteiger partial charge in [-0.2, -0.15) is 0 Å². The van der Waals surface area contributed by atoms with Gasteiger partial charge in [0.1, 0.15) is 6.67 Å². The smallest absolute Gasteiger partial charge is 0.223 e. The lowest BCUT2D eigenvalue weighted by Gasteiger charge is -2.17. The predicted octanol–water partition coefficient (Wildman–Crippen LogP) is -1.71. The maximum Gasteiger partial charge on any atom is 0.223 e. The van der Waals surface area contributed by atoms with Crippen LogP contribution < -0.4 is 0 Å². The van der Waals surface area contributed by atoms with Gasteiger partial charge < -0.3 is 10.2 Å². The zero-order valence-electron chi connectivity index (χ0n) is 7.47. The van der Waals surface area contributed by atoms with E-state index in [-0.39, 0.29) is 18.5 Å². The second-order valence-electron chi connectivity index (χ2n) is 2.95. The number of nitrogens with zero attached hydrogens (tertiary/aromatic N) is 2. The summed E-state index contributed by atoms with van der Waals surface area (Å²) in [5, 5.41) is 18.6. The van der Waals surface area contributed by atoms with Crippen LogP contribution in [-0.2, 0) is 9.59 Å². The van der Waals surface area contributed by atoms with Crippen LogP contribution in [0.15, 0.2) is 0 Å². The van der Waals surface area contributed by atoms with E-state index in [0.717, 1.165) is 9.80 Å². The quantitative estimate of drug-likeness (QED) is 0.474. The number of carbonyl (C=O) groups excluding carboxylic acids is 2. The number of hydrogen-bond acceptors (Lipinski definition) is 4. The van der Waals surface area contributed by atoms with Gasteiger partial charge in [-0.05, 0) is 0 Å². The second-order valence-corrected chi connectivity index (χ2v) is 2.95. The van der Waals surface area contributed by atoms with E-state index in [2.05, 4.69) is 0 Å². The fourth-order valence-electron chi connectivity index (χ4n) is 1.23. The van der Waals surface area contributed by atoms with Crippen LogP contribution >= 0.6 is 0 Å². The maximum atomic E-state index is 10.9. The molecule has 1 heterocycles. The highest BCUT2D eigenvalue weighted by Gasteiger charge is 2.40. The molecule has 0 aliphatic carbocycles. The highest BCUT2D eigenvalue weighted by Crippen LogP contribution is 2.16. The van der Waals surface area contributed by atoms with Gasteiger partial charge in [-0.25, -0.2) is 0 Å². The van der Waals surface area contributed by atoms with Crippen molar-refractivity contribution in [2.24, 2.45) is 0 Å². The third-order valence-electron chi connectivity index (χ3n) is 2.02. The molecule has 0 spiro atoms. The van der Waals surface area contributed by atoms with E-state index < -0.39 is 12.5 Å². The van der Waals surface area contributed by atoms with Crippen LogP contribution in [0.25, 0.3) is 0 Å². The van der Waals surface area contributed by atoms with E-state index in [4.69, 9.17) is 0 Å². The maximum absolute atomic E-state index is 10.9. The molecule has 6 heteroatoms. The van der Waals surface area contributed by atoms with Gasteiger partial charge in [0.15, 0.2) is 12.5 Å². The lowest BCUT2D eigenvalue weighted by Crippen LogP contribution is -2.39. The zero-order chi connectivity index (χ0) is 10.2. The van der Waals surface area contributed by atoms with Gasteiger partial charge in [0.25, 0.3) is 0 Å². The Morgan fingerprint density at radius 2 is 1.38 bits per heavy atom. The molecule has 2 amide bonds. The molecule has 1 aliphatic rings. The molecule has 1 fully saturated rings. The summed E-state index contributed by atoms with van der Waals surface area (Å²) in [7, 11) is 0. The third kappa shape index (κ3) is 1.63. The van der Waals surface area contributed by atoms with Crippen molar-refractivity contribution in [1.29, 1.82) is 0 Å². The van der Waals surface area contributed by atoms with E-state index in [1.165, 1.54) is 13.8 Å². The minimum Gasteiger partial charge on any atom is -0.369 e. The van der Waals surface area contributed by atoms with Crippen LogP contribution in [0.4, 0.5) is 0 Å². The molecule has 1 aliphatic heterocycles. The average Bonchev–Trinajstić information content (AvgIpc) is 2.29. The fourth-order valence-corrected chi connectivity index (χ4v) is 1.23. The minimum absolute atomic E-state index is 0.0625. The Kier molecular flexibility index (Phi) is 2.53. The number of aliphatic hydroxyl groups excluding tert-OH is 2. The largest absolute Gasteiger partial charge is 0.369 e. The summed E-state index contributed by atoms with van der Waals surface area (Å²) in [6.07, 6.45) is -2.64. The Bertz CT molecular complexity index is 219. The van der Waals surface area contributed by atoms with Gasteiger partial charge in [0, 0.05) is 13.8 Å². The third-order valence-corrected chi connectivity index (χ3v) is 2.02. The first-order valence-corrected chi connectivity index (χ1v) is 3.85. The minimum atomic E-state index is -1.32. The summed E-state index contributed by atoms with van der Waals surface area (Å²) in [6, 6.07) is 0. The Labute approximate surface area is 75.4 Å². The van der Waals surface area contributed by atoms with Crippen molar-refractivity contribution < 1.29 is 19.8 Å². The Balaban J connectivity index is 2.78. The predicted molar refractivity (Wildman–Crippen MR) is 41.9 cm³/mol. The monoisotopic (exact) mass is 188 g/mol.